The molecule has 6 aromatic rings. The minimum Gasteiger partial charge on any atom is -0.862 e. The number of carboxylic acids is 1. The number of aromatic amines is 3. The second-order valence-corrected chi connectivity index (χ2v) is 28.8. The molecule has 5 aromatic heterocycles. The first kappa shape index (κ1) is 74.9. The molecule has 0 amide bonds. The summed E-state index contributed by atoms with van der Waals surface area (Å²) in [7, 11) is -16.6. The van der Waals surface area contributed by atoms with Gasteiger partial charge in [0, 0.05) is 81.7 Å². The maximum Gasteiger partial charge on any atom is 4.00 e. The topological polar surface area (TPSA) is 476 Å². The molecule has 9 unspecified atom stereocenters. The van der Waals surface area contributed by atoms with Crippen molar-refractivity contribution in [3.8, 4) is 11.1 Å². The number of phosphoric ester groups is 3. The van der Waals surface area contributed by atoms with Crippen LogP contribution in [-0.4, -0.2) is 144 Å². The van der Waals surface area contributed by atoms with Gasteiger partial charge in [0.05, 0.1) is 42.1 Å². The summed E-state index contributed by atoms with van der Waals surface area (Å²) in [4.78, 5) is 101. The monoisotopic (exact) mass is 1440 g/mol. The Morgan fingerprint density at radius 3 is 2.20 bits per heavy atom. The van der Waals surface area contributed by atoms with Crippen LogP contribution in [0.1, 0.15) is 110 Å². The van der Waals surface area contributed by atoms with Gasteiger partial charge in [-0.3, -0.25) is 28.3 Å². The largest absolute Gasteiger partial charge is 4.00 e. The zero-order chi connectivity index (χ0) is 69.1. The number of carboxylic acid groups (broad SMARTS) is 1. The molecule has 3 aliphatic heterocycles. The van der Waals surface area contributed by atoms with Crippen molar-refractivity contribution in [1.29, 1.82) is 0 Å². The molecule has 512 valence electrons. The molecule has 35 heteroatoms. The number of allylic oxidation sites excluding steroid dienone is 4. The Balaban J connectivity index is 0.0000118. The van der Waals surface area contributed by atoms with Crippen LogP contribution in [0.5, 0.6) is 0 Å². The molecule has 30 nitrogen and oxygen atoms in total. The molecule has 0 radical (unpaired) electrons. The van der Waals surface area contributed by atoms with E-state index in [0.717, 1.165) is 90.7 Å². The molecule has 1 aromatic carbocycles. The first-order chi connectivity index (χ1) is 44.8. The summed E-state index contributed by atoms with van der Waals surface area (Å²) in [6.07, 6.45) is -3.16. The van der Waals surface area contributed by atoms with Gasteiger partial charge in [0.15, 0.2) is 23.6 Å². The maximum absolute atomic E-state index is 13.6. The SMILES string of the molecule is C=CC1=C(C)c2cc3[nH]c(cc4[nH]c(cc5nc(c(-c6ccccc6)c1n2)C(C)C5C=C)c(C)c4CCC(=O)SCCN=C([O-])CCN=C([O-])C(O)C(C)(C)COP(=O)(O)OP(=O)(O)OCC1OC([n+]2c[nH]c4c(N)ncnc42)C(O)C1OP(=O)(O)O)c(CCC(=O)[O-])c3C.[Fe+4]. The second-order valence-electron chi connectivity index (χ2n) is 23.4. The zero-order valence-corrected chi connectivity index (χ0v) is 57.4. The van der Waals surface area contributed by atoms with E-state index in [9.17, 15) is 68.4 Å². The number of H-pyrrole nitrogens is 3. The molecule has 0 spiro atoms. The van der Waals surface area contributed by atoms with E-state index in [4.69, 9.17) is 34.0 Å². The summed E-state index contributed by atoms with van der Waals surface area (Å²) in [5.74, 6) is -3.19. The van der Waals surface area contributed by atoms with E-state index >= 15 is 0 Å². The van der Waals surface area contributed by atoms with E-state index < -0.39 is 97.1 Å². The van der Waals surface area contributed by atoms with Crippen molar-refractivity contribution in [3.63, 3.8) is 0 Å². The van der Waals surface area contributed by atoms with Gasteiger partial charge >= 0.3 is 46.2 Å². The van der Waals surface area contributed by atoms with E-state index in [2.05, 4.69) is 59.3 Å². The van der Waals surface area contributed by atoms with Crippen molar-refractivity contribution in [2.24, 2.45) is 15.4 Å². The molecular formula is C61H72FeN11O19P3S+2. The van der Waals surface area contributed by atoms with E-state index in [1.807, 2.05) is 81.5 Å². The molecule has 1 saturated heterocycles. The van der Waals surface area contributed by atoms with Crippen molar-refractivity contribution < 1.29 is 113 Å². The second kappa shape index (κ2) is 30.9. The van der Waals surface area contributed by atoms with Gasteiger partial charge in [0.1, 0.15) is 18.3 Å². The number of ether oxygens (including phenoxy) is 1. The number of nitrogen functional groups attached to an aromatic ring is 1. The first-order valence-corrected chi connectivity index (χ1v) is 35.3. The number of fused-ring (bicyclic) bond motifs is 9. The Bertz CT molecular complexity index is 4390. The fraction of sp³-hybridized carbons (Fsp3) is 0.393. The Hall–Kier alpha value is -6.89. The zero-order valence-electron chi connectivity index (χ0n) is 52.8. The molecular weight excluding hydrogens is 1370 g/mol. The molecule has 9 atom stereocenters. The van der Waals surface area contributed by atoms with Crippen LogP contribution in [-0.2, 0) is 75.8 Å². The third-order valence-electron chi connectivity index (χ3n) is 16.5. The summed E-state index contributed by atoms with van der Waals surface area (Å²) in [5, 5.41) is 59.3. The number of rotatable bonds is 28. The van der Waals surface area contributed by atoms with Crippen LogP contribution in [0, 0.1) is 19.3 Å². The predicted molar refractivity (Wildman–Crippen MR) is 346 cm³/mol. The van der Waals surface area contributed by atoms with Crippen molar-refractivity contribution in [1.82, 2.24) is 34.9 Å². The van der Waals surface area contributed by atoms with Crippen molar-refractivity contribution in [2.45, 2.75) is 116 Å². The molecule has 96 heavy (non-hydrogen) atoms. The molecule has 3 aliphatic rings. The van der Waals surface area contributed by atoms with E-state index in [-0.39, 0.29) is 89.0 Å². The number of thioether (sulfide) groups is 1. The number of nitrogens with one attached hydrogen (secondary N) is 3. The number of carbonyl (C=O) groups excluding carboxylic acids is 2. The van der Waals surface area contributed by atoms with Gasteiger partial charge < -0.3 is 80.3 Å². The predicted octanol–water partition coefficient (Wildman–Crippen LogP) is 4.78. The molecule has 0 saturated carbocycles. The number of phosphoric acid groups is 3. The number of aromatic nitrogens is 8. The van der Waals surface area contributed by atoms with Crippen LogP contribution in [0.25, 0.3) is 55.5 Å². The smallest absolute Gasteiger partial charge is 0.862 e. The molecule has 9 rings (SSSR count). The molecule has 11 N–H and O–H groups in total. The average molecular weight is 1440 g/mol. The number of nitrogens with zero attached hydrogens (tertiary/aromatic N) is 7. The first-order valence-electron chi connectivity index (χ1n) is 29.8. The molecule has 8 bridgehead atoms. The number of hydrogen-bond acceptors (Lipinski definition) is 23. The van der Waals surface area contributed by atoms with Gasteiger partial charge in [-0.05, 0) is 110 Å². The van der Waals surface area contributed by atoms with Crippen LogP contribution in [0.15, 0.2) is 96.5 Å². The van der Waals surface area contributed by atoms with E-state index in [1.165, 1.54) is 24.7 Å². The average Bonchev–Trinajstić information content (AvgIpc) is 1.61. The van der Waals surface area contributed by atoms with Crippen LogP contribution >= 0.6 is 35.2 Å². The fourth-order valence-corrected chi connectivity index (χ4v) is 14.9. The third-order valence-corrected chi connectivity index (χ3v) is 20.5. The van der Waals surface area contributed by atoms with Gasteiger partial charge in [0.25, 0.3) is 0 Å². The number of aliphatic carboxylic acids is 1. The van der Waals surface area contributed by atoms with Crippen molar-refractivity contribution in [2.75, 3.05) is 37.8 Å². The summed E-state index contributed by atoms with van der Waals surface area (Å²) in [6, 6.07) is 15.8. The summed E-state index contributed by atoms with van der Waals surface area (Å²) < 4.78 is 63.2. The third kappa shape index (κ3) is 17.3. The van der Waals surface area contributed by atoms with Crippen LogP contribution < -0.4 is 25.6 Å². The number of aliphatic hydroxyl groups is 2. The quantitative estimate of drug-likeness (QED) is 0.00600. The summed E-state index contributed by atoms with van der Waals surface area (Å²) in [6.45, 7) is 16.2. The number of benzene rings is 1. The number of aliphatic imine (C=N–C) groups is 2. The number of carbonyl (C=O) groups is 2. The van der Waals surface area contributed by atoms with E-state index in [0.29, 0.717) is 23.1 Å². The fourth-order valence-electron chi connectivity index (χ4n) is 11.4. The number of imidazole rings is 1. The van der Waals surface area contributed by atoms with Crippen molar-refractivity contribution in [3.05, 3.63) is 132 Å². The summed E-state index contributed by atoms with van der Waals surface area (Å²) >= 11 is 0.982. The standard InChI is InChI=1S/C61H74N11O19P3S.Fe/c1-9-36-34(6)51-50(35-14-12-11-13-15-35)52-37(10-2)31(3)42(70-52)24-40-32(4)38(16-18-48(74)75)44(68-40)26-45-39(33(5)41(69-45)25-43(36)71-51)17-19-49(76)95-23-22-63-47(73)20-21-64-59(79)56(78)61(7,8)28-88-94(85,86)91-93(83,84)87-27-46-55(90-92(80,81)82)54(77)60(89-46)72-30-67-53-57(62)65-29-66-58(53)72;/h9-15,24-26,29-30,34,36,46,54-56,60,77-78H,1-2,16-23,27-28H2,3-8H3,(H11,62,63,64,65,66,68,69,70,71,73,74,75,79,80,81,82,83,84,85,86);/q;+4/p-2. The van der Waals surface area contributed by atoms with Crippen molar-refractivity contribution >= 4 is 108 Å². The number of aryl methyl sites for hydroxylation is 4. The number of nitrogens with two attached hydrogens (primary N) is 1. The number of hydrogen-bond donors (Lipinski definition) is 10. The Kier molecular flexibility index (Phi) is 24.1. The van der Waals surface area contributed by atoms with Crippen LogP contribution in [0.2, 0.25) is 0 Å². The van der Waals surface area contributed by atoms with Gasteiger partial charge in [0.2, 0.25) is 11.7 Å². The van der Waals surface area contributed by atoms with Gasteiger partial charge in [-0.1, -0.05) is 86.6 Å². The molecule has 0 aliphatic carbocycles. The van der Waals surface area contributed by atoms with Crippen LogP contribution in [0.4, 0.5) is 5.82 Å². The minimum atomic E-state index is -5.65. The van der Waals surface area contributed by atoms with Crippen LogP contribution in [0.3, 0.4) is 0 Å². The van der Waals surface area contributed by atoms with Gasteiger partial charge in [-0.25, -0.2) is 23.2 Å². The summed E-state index contributed by atoms with van der Waals surface area (Å²) in [5.41, 5.74) is 17.1. The number of aliphatic hydroxyl groups excluding tert-OH is 2. The van der Waals surface area contributed by atoms with Gasteiger partial charge in [-0.2, -0.15) is 9.29 Å². The molecule has 1 fully saturated rings. The Labute approximate surface area is 564 Å². The maximum atomic E-state index is 13.6. The minimum absolute atomic E-state index is 0. The Morgan fingerprint density at radius 1 is 0.896 bits per heavy atom. The van der Waals surface area contributed by atoms with E-state index in [1.54, 1.807) is 0 Å². The van der Waals surface area contributed by atoms with Gasteiger partial charge in [-0.15, -0.1) is 6.58 Å². The number of anilines is 1. The Morgan fingerprint density at radius 2 is 1.55 bits per heavy atom. The normalized spacial score (nSPS) is 20.2. The molecule has 8 heterocycles.